The van der Waals surface area contributed by atoms with Crippen LogP contribution in [0.4, 0.5) is 5.69 Å². The molecule has 122 valence electrons. The molecule has 3 aromatic rings. The maximum absolute atomic E-state index is 12.2. The van der Waals surface area contributed by atoms with Gasteiger partial charge in [0.2, 0.25) is 0 Å². The highest BCUT2D eigenvalue weighted by Gasteiger charge is 2.22. The standard InChI is InChI=1S/C18H17N3O3/c1-11-7-9-13(10-8-11)19-17(22)12(2)24-18(23)16-14-5-3-4-6-15(14)20-21-16/h3-10,12H,1-2H3,(H,19,22)(H,20,21)/t12-/m1/s1. The van der Waals surface area contributed by atoms with Gasteiger partial charge in [-0.25, -0.2) is 4.79 Å². The topological polar surface area (TPSA) is 84.1 Å². The summed E-state index contributed by atoms with van der Waals surface area (Å²) in [6, 6.07) is 14.6. The fraction of sp³-hybridized carbons (Fsp3) is 0.167. The fourth-order valence-corrected chi connectivity index (χ4v) is 2.27. The van der Waals surface area contributed by atoms with E-state index in [1.54, 1.807) is 18.2 Å². The number of nitrogens with zero attached hydrogens (tertiary/aromatic N) is 1. The predicted molar refractivity (Wildman–Crippen MR) is 90.8 cm³/mol. The Hall–Kier alpha value is -3.15. The molecule has 0 spiro atoms. The fourth-order valence-electron chi connectivity index (χ4n) is 2.27. The van der Waals surface area contributed by atoms with E-state index in [-0.39, 0.29) is 5.69 Å². The minimum Gasteiger partial charge on any atom is -0.448 e. The van der Waals surface area contributed by atoms with Gasteiger partial charge in [-0.1, -0.05) is 35.9 Å². The first-order valence-electron chi connectivity index (χ1n) is 7.56. The Balaban J connectivity index is 1.67. The smallest absolute Gasteiger partial charge is 0.360 e. The molecule has 6 nitrogen and oxygen atoms in total. The molecule has 24 heavy (non-hydrogen) atoms. The Labute approximate surface area is 138 Å². The summed E-state index contributed by atoms with van der Waals surface area (Å²) in [7, 11) is 0. The van der Waals surface area contributed by atoms with Crippen LogP contribution in [0.15, 0.2) is 48.5 Å². The zero-order chi connectivity index (χ0) is 17.1. The van der Waals surface area contributed by atoms with Gasteiger partial charge in [-0.15, -0.1) is 0 Å². The Morgan fingerprint density at radius 2 is 1.83 bits per heavy atom. The van der Waals surface area contributed by atoms with Crippen molar-refractivity contribution >= 4 is 28.5 Å². The number of H-pyrrole nitrogens is 1. The van der Waals surface area contributed by atoms with E-state index in [2.05, 4.69) is 15.5 Å². The number of ether oxygens (including phenoxy) is 1. The Morgan fingerprint density at radius 1 is 1.12 bits per heavy atom. The Bertz CT molecular complexity index is 884. The summed E-state index contributed by atoms with van der Waals surface area (Å²) >= 11 is 0. The van der Waals surface area contributed by atoms with Gasteiger partial charge < -0.3 is 10.1 Å². The number of nitrogens with one attached hydrogen (secondary N) is 2. The lowest BCUT2D eigenvalue weighted by molar-refractivity contribution is -0.123. The van der Waals surface area contributed by atoms with Crippen molar-refractivity contribution < 1.29 is 14.3 Å². The van der Waals surface area contributed by atoms with Gasteiger partial charge in [0, 0.05) is 11.1 Å². The van der Waals surface area contributed by atoms with E-state index in [0.29, 0.717) is 11.1 Å². The Morgan fingerprint density at radius 3 is 2.58 bits per heavy atom. The molecule has 1 amide bonds. The maximum Gasteiger partial charge on any atom is 0.360 e. The molecule has 0 unspecified atom stereocenters. The van der Waals surface area contributed by atoms with Gasteiger partial charge in [0.1, 0.15) is 0 Å². The minimum absolute atomic E-state index is 0.167. The van der Waals surface area contributed by atoms with Gasteiger partial charge in [0.25, 0.3) is 5.91 Å². The van der Waals surface area contributed by atoms with E-state index >= 15 is 0 Å². The molecule has 0 aliphatic rings. The number of carbonyl (C=O) groups is 2. The highest BCUT2D eigenvalue weighted by Crippen LogP contribution is 2.17. The number of aromatic nitrogens is 2. The zero-order valence-corrected chi connectivity index (χ0v) is 13.4. The third-order valence-corrected chi connectivity index (χ3v) is 3.64. The molecule has 0 aliphatic carbocycles. The van der Waals surface area contributed by atoms with Gasteiger partial charge >= 0.3 is 5.97 Å². The third kappa shape index (κ3) is 3.27. The second-order valence-electron chi connectivity index (χ2n) is 5.52. The molecule has 1 aromatic heterocycles. The molecule has 0 saturated carbocycles. The first kappa shape index (κ1) is 15.7. The number of fused-ring (bicyclic) bond motifs is 1. The van der Waals surface area contributed by atoms with Crippen molar-refractivity contribution in [1.82, 2.24) is 10.2 Å². The molecule has 0 fully saturated rings. The first-order valence-corrected chi connectivity index (χ1v) is 7.56. The quantitative estimate of drug-likeness (QED) is 0.723. The molecule has 1 atom stereocenters. The third-order valence-electron chi connectivity index (χ3n) is 3.64. The van der Waals surface area contributed by atoms with Crippen molar-refractivity contribution in [2.24, 2.45) is 0 Å². The van der Waals surface area contributed by atoms with Gasteiger partial charge in [0.05, 0.1) is 5.52 Å². The maximum atomic E-state index is 12.2. The molecule has 0 bridgehead atoms. The van der Waals surface area contributed by atoms with Crippen LogP contribution in [-0.2, 0) is 9.53 Å². The molecule has 0 saturated heterocycles. The first-order chi connectivity index (χ1) is 11.5. The highest BCUT2D eigenvalue weighted by molar-refractivity contribution is 6.03. The van der Waals surface area contributed by atoms with Gasteiger partial charge in [-0.2, -0.15) is 5.10 Å². The van der Waals surface area contributed by atoms with E-state index in [4.69, 9.17) is 4.74 Å². The predicted octanol–water partition coefficient (Wildman–Crippen LogP) is 3.06. The summed E-state index contributed by atoms with van der Waals surface area (Å²) in [4.78, 5) is 24.4. The van der Waals surface area contributed by atoms with Crippen molar-refractivity contribution in [3.05, 3.63) is 59.8 Å². The average Bonchev–Trinajstić information content (AvgIpc) is 3.01. The SMILES string of the molecule is Cc1ccc(NC(=O)[C@@H](C)OC(=O)c2n[nH]c3ccccc23)cc1. The number of hydrogen-bond acceptors (Lipinski definition) is 4. The van der Waals surface area contributed by atoms with E-state index in [1.165, 1.54) is 6.92 Å². The van der Waals surface area contributed by atoms with Crippen LogP contribution in [0.2, 0.25) is 0 Å². The number of esters is 1. The number of anilines is 1. The van der Waals surface area contributed by atoms with E-state index in [9.17, 15) is 9.59 Å². The minimum atomic E-state index is -0.936. The van der Waals surface area contributed by atoms with Crippen LogP contribution in [0.5, 0.6) is 0 Å². The lowest BCUT2D eigenvalue weighted by Crippen LogP contribution is -2.30. The number of carbonyl (C=O) groups excluding carboxylic acids is 2. The van der Waals surface area contributed by atoms with Crippen LogP contribution < -0.4 is 5.32 Å². The van der Waals surface area contributed by atoms with Crippen LogP contribution in [-0.4, -0.2) is 28.2 Å². The summed E-state index contributed by atoms with van der Waals surface area (Å²) in [5.74, 6) is -1.04. The summed E-state index contributed by atoms with van der Waals surface area (Å²) in [6.07, 6.45) is -0.936. The summed E-state index contributed by atoms with van der Waals surface area (Å²) in [5.41, 5.74) is 2.65. The lowest BCUT2D eigenvalue weighted by atomic mass is 10.2. The van der Waals surface area contributed by atoms with E-state index in [1.807, 2.05) is 37.3 Å². The molecule has 0 radical (unpaired) electrons. The van der Waals surface area contributed by atoms with Crippen LogP contribution in [0.1, 0.15) is 23.0 Å². The lowest BCUT2D eigenvalue weighted by Gasteiger charge is -2.13. The number of amides is 1. The van der Waals surface area contributed by atoms with Gasteiger partial charge in [0.15, 0.2) is 11.8 Å². The normalized spacial score (nSPS) is 11.9. The van der Waals surface area contributed by atoms with Crippen LogP contribution in [0, 0.1) is 6.92 Å². The van der Waals surface area contributed by atoms with E-state index in [0.717, 1.165) is 11.1 Å². The summed E-state index contributed by atoms with van der Waals surface area (Å²) in [6.45, 7) is 3.49. The average molecular weight is 323 g/mol. The Kier molecular flexibility index (Phi) is 4.29. The number of hydrogen-bond donors (Lipinski definition) is 2. The molecule has 0 aliphatic heterocycles. The molecular formula is C18H17N3O3. The van der Waals surface area contributed by atoms with Crippen LogP contribution >= 0.6 is 0 Å². The molecule has 3 rings (SSSR count). The van der Waals surface area contributed by atoms with Crippen molar-refractivity contribution in [3.8, 4) is 0 Å². The zero-order valence-electron chi connectivity index (χ0n) is 13.4. The van der Waals surface area contributed by atoms with E-state index < -0.39 is 18.0 Å². The molecule has 2 N–H and O–H groups in total. The summed E-state index contributed by atoms with van der Waals surface area (Å²) < 4.78 is 5.23. The van der Waals surface area contributed by atoms with Crippen LogP contribution in [0.3, 0.4) is 0 Å². The number of aryl methyl sites for hydroxylation is 1. The number of rotatable bonds is 4. The largest absolute Gasteiger partial charge is 0.448 e. The highest BCUT2D eigenvalue weighted by atomic mass is 16.5. The number of para-hydroxylation sites is 1. The van der Waals surface area contributed by atoms with Crippen LogP contribution in [0.25, 0.3) is 10.9 Å². The number of benzene rings is 2. The molecule has 1 heterocycles. The molecule has 2 aromatic carbocycles. The van der Waals surface area contributed by atoms with Crippen molar-refractivity contribution in [1.29, 1.82) is 0 Å². The van der Waals surface area contributed by atoms with Gasteiger partial charge in [-0.3, -0.25) is 9.89 Å². The monoisotopic (exact) mass is 323 g/mol. The van der Waals surface area contributed by atoms with Crippen molar-refractivity contribution in [2.75, 3.05) is 5.32 Å². The second-order valence-corrected chi connectivity index (χ2v) is 5.52. The van der Waals surface area contributed by atoms with Gasteiger partial charge in [-0.05, 0) is 32.0 Å². The van der Waals surface area contributed by atoms with Crippen molar-refractivity contribution in [2.45, 2.75) is 20.0 Å². The summed E-state index contributed by atoms with van der Waals surface area (Å²) in [5, 5.41) is 10.1. The second kappa shape index (κ2) is 6.54. The number of aromatic amines is 1. The molecular weight excluding hydrogens is 306 g/mol. The molecule has 6 heteroatoms. The van der Waals surface area contributed by atoms with Crippen molar-refractivity contribution in [3.63, 3.8) is 0 Å².